The highest BCUT2D eigenvalue weighted by Gasteiger charge is 2.19. The van der Waals surface area contributed by atoms with Crippen molar-refractivity contribution in [2.75, 3.05) is 0 Å². The smallest absolute Gasteiger partial charge is 0.320 e. The zero-order chi connectivity index (χ0) is 21.4. The van der Waals surface area contributed by atoms with Gasteiger partial charge in [0.2, 0.25) is 0 Å². The van der Waals surface area contributed by atoms with Crippen LogP contribution in [0.1, 0.15) is 43.4 Å². The third kappa shape index (κ3) is 3.28. The van der Waals surface area contributed by atoms with Gasteiger partial charge in [0.05, 0.1) is 12.0 Å². The number of fused-ring (bicyclic) bond motifs is 1. The summed E-state index contributed by atoms with van der Waals surface area (Å²) >= 11 is 0. The van der Waals surface area contributed by atoms with E-state index in [1.165, 1.54) is 10.1 Å². The Hall–Kier alpha value is -3.41. The van der Waals surface area contributed by atoms with Gasteiger partial charge >= 0.3 is 5.69 Å². The molecule has 0 aliphatic heterocycles. The van der Waals surface area contributed by atoms with Gasteiger partial charge < -0.3 is 4.57 Å². The van der Waals surface area contributed by atoms with Crippen LogP contribution in [0.5, 0.6) is 0 Å². The summed E-state index contributed by atoms with van der Waals surface area (Å²) in [5, 5.41) is 0. The molecule has 2 aromatic carbocycles. The van der Waals surface area contributed by atoms with E-state index in [1.54, 1.807) is 10.9 Å². The maximum Gasteiger partial charge on any atom is 0.337 e. The third-order valence-corrected chi connectivity index (χ3v) is 5.64. The second kappa shape index (κ2) is 7.78. The number of hydrogen-bond donors (Lipinski definition) is 0. The van der Waals surface area contributed by atoms with Crippen molar-refractivity contribution in [3.63, 3.8) is 0 Å². The molecule has 2 aromatic heterocycles. The van der Waals surface area contributed by atoms with Crippen LogP contribution < -0.4 is 11.2 Å². The Balaban J connectivity index is 1.95. The molecule has 0 saturated heterocycles. The molecule has 0 radical (unpaired) electrons. The molecule has 0 bridgehead atoms. The molecule has 6 heteroatoms. The highest BCUT2D eigenvalue weighted by atomic mass is 16.2. The molecule has 154 valence electrons. The van der Waals surface area contributed by atoms with Crippen LogP contribution in [0.2, 0.25) is 0 Å². The maximum absolute atomic E-state index is 13.2. The van der Waals surface area contributed by atoms with Crippen molar-refractivity contribution in [3.8, 4) is 5.69 Å². The van der Waals surface area contributed by atoms with Gasteiger partial charge in [0.15, 0.2) is 11.2 Å². The number of nitrogens with zero attached hydrogens (tertiary/aromatic N) is 4. The number of rotatable bonds is 5. The van der Waals surface area contributed by atoms with Crippen LogP contribution in [-0.2, 0) is 13.1 Å². The van der Waals surface area contributed by atoms with Gasteiger partial charge in [-0.1, -0.05) is 50.2 Å². The van der Waals surface area contributed by atoms with E-state index in [0.29, 0.717) is 35.9 Å². The zero-order valence-electron chi connectivity index (χ0n) is 17.8. The lowest BCUT2D eigenvalue weighted by atomic mass is 10.0. The molecule has 30 heavy (non-hydrogen) atoms. The molecule has 4 aromatic rings. The standard InChI is InChI=1S/C24H26N4O2/c1-5-27-23(29)21-22(25-15-26(21)14-19-9-7-6-8-17(19)4)28(24(27)30)20-12-10-18(11-13-20)16(2)3/h6-13,15-16H,5,14H2,1-4H3. The average Bonchev–Trinajstić information content (AvgIpc) is 3.14. The largest absolute Gasteiger partial charge is 0.337 e. The Kier molecular flexibility index (Phi) is 5.16. The van der Waals surface area contributed by atoms with E-state index < -0.39 is 0 Å². The summed E-state index contributed by atoms with van der Waals surface area (Å²) in [6.07, 6.45) is 1.65. The molecule has 0 spiro atoms. The van der Waals surface area contributed by atoms with Gasteiger partial charge in [0.25, 0.3) is 5.56 Å². The fourth-order valence-corrected chi connectivity index (χ4v) is 3.79. The molecule has 0 unspecified atom stereocenters. The fraction of sp³-hybridized carbons (Fsp3) is 0.292. The SMILES string of the molecule is CCn1c(=O)c2c(ncn2Cc2ccccc2C)n(-c2ccc(C(C)C)cc2)c1=O. The summed E-state index contributed by atoms with van der Waals surface area (Å²) in [6.45, 7) is 8.93. The third-order valence-electron chi connectivity index (χ3n) is 5.64. The lowest BCUT2D eigenvalue weighted by Crippen LogP contribution is -2.39. The van der Waals surface area contributed by atoms with E-state index in [1.807, 2.05) is 66.9 Å². The zero-order valence-corrected chi connectivity index (χ0v) is 17.8. The maximum atomic E-state index is 13.2. The van der Waals surface area contributed by atoms with Crippen molar-refractivity contribution in [1.82, 2.24) is 18.7 Å². The Morgan fingerprint density at radius 1 is 1.00 bits per heavy atom. The summed E-state index contributed by atoms with van der Waals surface area (Å²) in [5.41, 5.74) is 4.31. The van der Waals surface area contributed by atoms with Gasteiger partial charge in [-0.3, -0.25) is 9.36 Å². The van der Waals surface area contributed by atoms with Gasteiger partial charge in [-0.2, -0.15) is 0 Å². The number of aryl methyl sites for hydroxylation is 1. The van der Waals surface area contributed by atoms with E-state index in [9.17, 15) is 9.59 Å². The van der Waals surface area contributed by atoms with Crippen molar-refractivity contribution in [3.05, 3.63) is 92.4 Å². The van der Waals surface area contributed by atoms with Gasteiger partial charge in [0.1, 0.15) is 0 Å². The summed E-state index contributed by atoms with van der Waals surface area (Å²) in [4.78, 5) is 30.8. The van der Waals surface area contributed by atoms with Crippen molar-refractivity contribution >= 4 is 11.2 Å². The predicted octanol–water partition coefficient (Wildman–Crippen LogP) is 3.85. The van der Waals surface area contributed by atoms with Gasteiger partial charge in [-0.15, -0.1) is 0 Å². The van der Waals surface area contributed by atoms with Crippen LogP contribution in [-0.4, -0.2) is 18.7 Å². The van der Waals surface area contributed by atoms with Crippen LogP contribution in [0.25, 0.3) is 16.9 Å². The number of imidazole rings is 1. The first-order valence-corrected chi connectivity index (χ1v) is 10.3. The van der Waals surface area contributed by atoms with Crippen molar-refractivity contribution in [2.24, 2.45) is 0 Å². The lowest BCUT2D eigenvalue weighted by Gasteiger charge is -2.13. The highest BCUT2D eigenvalue weighted by Crippen LogP contribution is 2.19. The Labute approximate surface area is 175 Å². The monoisotopic (exact) mass is 402 g/mol. The molecule has 0 atom stereocenters. The summed E-state index contributed by atoms with van der Waals surface area (Å²) in [7, 11) is 0. The van der Waals surface area contributed by atoms with E-state index in [-0.39, 0.29) is 11.2 Å². The van der Waals surface area contributed by atoms with Crippen molar-refractivity contribution in [1.29, 1.82) is 0 Å². The number of aromatic nitrogens is 4. The Morgan fingerprint density at radius 3 is 2.33 bits per heavy atom. The van der Waals surface area contributed by atoms with E-state index >= 15 is 0 Å². The molecule has 0 amide bonds. The van der Waals surface area contributed by atoms with Gasteiger partial charge in [0, 0.05) is 13.1 Å². The molecule has 0 N–H and O–H groups in total. The molecule has 0 aliphatic carbocycles. The molecule has 0 aliphatic rings. The van der Waals surface area contributed by atoms with Crippen LogP contribution >= 0.6 is 0 Å². The second-order valence-electron chi connectivity index (χ2n) is 7.88. The molecular weight excluding hydrogens is 376 g/mol. The summed E-state index contributed by atoms with van der Waals surface area (Å²) in [5.74, 6) is 0.397. The van der Waals surface area contributed by atoms with Crippen molar-refractivity contribution < 1.29 is 0 Å². The van der Waals surface area contributed by atoms with Gasteiger partial charge in [-0.05, 0) is 48.6 Å². The Morgan fingerprint density at radius 2 is 1.70 bits per heavy atom. The van der Waals surface area contributed by atoms with Crippen LogP contribution in [0, 0.1) is 6.92 Å². The predicted molar refractivity (Wildman–Crippen MR) is 120 cm³/mol. The van der Waals surface area contributed by atoms with E-state index in [0.717, 1.165) is 11.1 Å². The minimum atomic E-state index is -0.367. The van der Waals surface area contributed by atoms with Crippen LogP contribution in [0.3, 0.4) is 0 Å². The fourth-order valence-electron chi connectivity index (χ4n) is 3.79. The molecule has 4 rings (SSSR count). The number of hydrogen-bond acceptors (Lipinski definition) is 3. The summed E-state index contributed by atoms with van der Waals surface area (Å²) < 4.78 is 4.65. The minimum absolute atomic E-state index is 0.299. The average molecular weight is 402 g/mol. The molecule has 0 saturated carbocycles. The Bertz CT molecular complexity index is 1320. The first-order valence-electron chi connectivity index (χ1n) is 10.3. The van der Waals surface area contributed by atoms with E-state index in [2.05, 4.69) is 18.8 Å². The first-order chi connectivity index (χ1) is 14.4. The molecule has 2 heterocycles. The van der Waals surface area contributed by atoms with Crippen molar-refractivity contribution in [2.45, 2.75) is 46.7 Å². The molecular formula is C24H26N4O2. The lowest BCUT2D eigenvalue weighted by molar-refractivity contribution is 0.654. The summed E-state index contributed by atoms with van der Waals surface area (Å²) in [6, 6.07) is 15.9. The first kappa shape index (κ1) is 19.9. The topological polar surface area (TPSA) is 61.8 Å². The minimum Gasteiger partial charge on any atom is -0.320 e. The highest BCUT2D eigenvalue weighted by molar-refractivity contribution is 5.72. The normalized spacial score (nSPS) is 11.5. The van der Waals surface area contributed by atoms with E-state index in [4.69, 9.17) is 0 Å². The number of benzene rings is 2. The van der Waals surface area contributed by atoms with Gasteiger partial charge in [-0.25, -0.2) is 14.3 Å². The second-order valence-corrected chi connectivity index (χ2v) is 7.88. The quantitative estimate of drug-likeness (QED) is 0.509. The molecule has 0 fully saturated rings. The molecule has 6 nitrogen and oxygen atoms in total. The van der Waals surface area contributed by atoms with Crippen LogP contribution in [0.4, 0.5) is 0 Å². The van der Waals surface area contributed by atoms with Crippen LogP contribution in [0.15, 0.2) is 64.4 Å².